The van der Waals surface area contributed by atoms with Crippen molar-refractivity contribution in [2.24, 2.45) is 5.73 Å². The maximum Gasteiger partial charge on any atom is 0.154 e. The molecule has 5 nitrogen and oxygen atoms in total. The fraction of sp³-hybridized carbons (Fsp3) is 0.800. The third-order valence-corrected chi connectivity index (χ3v) is 7.10. The Morgan fingerprint density at radius 3 is 2.57 bits per heavy atom. The Bertz CT molecular complexity index is 571. The van der Waals surface area contributed by atoms with Crippen molar-refractivity contribution < 1.29 is 8.42 Å². The van der Waals surface area contributed by atoms with Crippen LogP contribution in [0.2, 0.25) is 0 Å². The summed E-state index contributed by atoms with van der Waals surface area (Å²) in [6, 6.07) is 2.00. The summed E-state index contributed by atoms with van der Waals surface area (Å²) in [6.45, 7) is 3.37. The summed E-state index contributed by atoms with van der Waals surface area (Å²) in [5.41, 5.74) is 7.01. The van der Waals surface area contributed by atoms with Crippen LogP contribution in [0.3, 0.4) is 0 Å². The number of hydrogen-bond donors (Lipinski definition) is 1. The van der Waals surface area contributed by atoms with Crippen molar-refractivity contribution in [1.82, 2.24) is 9.78 Å². The van der Waals surface area contributed by atoms with E-state index in [9.17, 15) is 8.42 Å². The van der Waals surface area contributed by atoms with Gasteiger partial charge in [-0.05, 0) is 32.8 Å². The highest BCUT2D eigenvalue weighted by atomic mass is 32.2. The van der Waals surface area contributed by atoms with Gasteiger partial charge < -0.3 is 5.73 Å². The van der Waals surface area contributed by atoms with E-state index in [4.69, 9.17) is 5.73 Å². The monoisotopic (exact) mass is 313 g/mol. The molecule has 0 bridgehead atoms. The molecule has 21 heavy (non-hydrogen) atoms. The Morgan fingerprint density at radius 2 is 2.00 bits per heavy atom. The van der Waals surface area contributed by atoms with Crippen molar-refractivity contribution in [1.29, 1.82) is 0 Å². The third kappa shape index (κ3) is 3.66. The lowest BCUT2D eigenvalue weighted by Crippen LogP contribution is -2.50. The quantitative estimate of drug-likeness (QED) is 0.903. The lowest BCUT2D eigenvalue weighted by Gasteiger charge is -2.29. The number of aromatic nitrogens is 2. The van der Waals surface area contributed by atoms with Gasteiger partial charge in [-0.1, -0.05) is 19.3 Å². The van der Waals surface area contributed by atoms with E-state index < -0.39 is 20.6 Å². The molecule has 1 heterocycles. The molecule has 1 atom stereocenters. The van der Waals surface area contributed by atoms with Gasteiger partial charge in [0.1, 0.15) is 0 Å². The van der Waals surface area contributed by atoms with E-state index in [1.54, 1.807) is 13.8 Å². The highest BCUT2D eigenvalue weighted by Gasteiger charge is 2.37. The summed E-state index contributed by atoms with van der Waals surface area (Å²) < 4.78 is 24.8. The van der Waals surface area contributed by atoms with Crippen LogP contribution < -0.4 is 5.73 Å². The predicted molar refractivity (Wildman–Crippen MR) is 85.0 cm³/mol. The Hall–Kier alpha value is -0.880. The summed E-state index contributed by atoms with van der Waals surface area (Å²) >= 11 is 0. The largest absolute Gasteiger partial charge is 0.326 e. The van der Waals surface area contributed by atoms with Crippen LogP contribution in [0.15, 0.2) is 12.3 Å². The van der Waals surface area contributed by atoms with Gasteiger partial charge in [0.25, 0.3) is 0 Å². The van der Waals surface area contributed by atoms with Crippen LogP contribution in [0.1, 0.15) is 57.7 Å². The van der Waals surface area contributed by atoms with E-state index in [1.165, 1.54) is 38.4 Å². The van der Waals surface area contributed by atoms with Crippen LogP contribution in [0.25, 0.3) is 0 Å². The van der Waals surface area contributed by atoms with Crippen LogP contribution in [-0.4, -0.2) is 35.2 Å². The molecule has 0 aliphatic heterocycles. The van der Waals surface area contributed by atoms with Crippen LogP contribution in [0.5, 0.6) is 0 Å². The fourth-order valence-electron chi connectivity index (χ4n) is 2.78. The number of hydrogen-bond acceptors (Lipinski definition) is 4. The van der Waals surface area contributed by atoms with Gasteiger partial charge in [-0.3, -0.25) is 4.68 Å². The molecule has 1 fully saturated rings. The van der Waals surface area contributed by atoms with E-state index in [0.717, 1.165) is 5.69 Å². The maximum atomic E-state index is 11.8. The van der Waals surface area contributed by atoms with Gasteiger partial charge in [-0.25, -0.2) is 8.42 Å². The van der Waals surface area contributed by atoms with Crippen LogP contribution in [0.4, 0.5) is 0 Å². The molecule has 2 N–H and O–H groups in total. The Labute approximate surface area is 127 Å². The molecule has 0 spiro atoms. The molecule has 0 aromatic carbocycles. The Balaban J connectivity index is 2.05. The van der Waals surface area contributed by atoms with Gasteiger partial charge in [-0.15, -0.1) is 0 Å². The second-order valence-corrected chi connectivity index (χ2v) is 9.36. The van der Waals surface area contributed by atoms with E-state index in [2.05, 4.69) is 5.10 Å². The van der Waals surface area contributed by atoms with Crippen LogP contribution >= 0.6 is 0 Å². The first kappa shape index (κ1) is 16.5. The minimum Gasteiger partial charge on any atom is -0.326 e. The van der Waals surface area contributed by atoms with E-state index in [0.29, 0.717) is 12.5 Å². The predicted octanol–water partition coefficient (Wildman–Crippen LogP) is 2.08. The molecule has 1 aliphatic rings. The second kappa shape index (κ2) is 6.08. The number of sulfone groups is 1. The summed E-state index contributed by atoms with van der Waals surface area (Å²) in [4.78, 5) is 0. The fourth-order valence-corrected chi connectivity index (χ4v) is 3.41. The average Bonchev–Trinajstić information content (AvgIpc) is 2.87. The zero-order chi connectivity index (χ0) is 15.7. The lowest BCUT2D eigenvalue weighted by molar-refractivity contribution is 0.327. The van der Waals surface area contributed by atoms with Crippen LogP contribution in [-0.2, 0) is 16.3 Å². The smallest absolute Gasteiger partial charge is 0.154 e. The molecule has 6 heteroatoms. The zero-order valence-electron chi connectivity index (χ0n) is 13.2. The molecule has 120 valence electrons. The lowest BCUT2D eigenvalue weighted by atomic mass is 9.96. The summed E-state index contributed by atoms with van der Waals surface area (Å²) in [5, 5.41) is 4.61. The van der Waals surface area contributed by atoms with Gasteiger partial charge in [0.05, 0.1) is 16.5 Å². The highest BCUT2D eigenvalue weighted by Crippen LogP contribution is 2.28. The first-order valence-electron chi connectivity index (χ1n) is 7.71. The molecule has 1 aromatic heterocycles. The summed E-state index contributed by atoms with van der Waals surface area (Å²) in [7, 11) is -3.19. The SMILES string of the molecule is CC(C)(C(N)Cc1ccn(C2CCCCC2)n1)S(C)(=O)=O. The average molecular weight is 313 g/mol. The van der Waals surface area contributed by atoms with E-state index in [1.807, 2.05) is 16.9 Å². The van der Waals surface area contributed by atoms with Crippen molar-refractivity contribution in [2.75, 3.05) is 6.26 Å². The van der Waals surface area contributed by atoms with Gasteiger partial charge >= 0.3 is 0 Å². The maximum absolute atomic E-state index is 11.8. The number of nitrogens with two attached hydrogens (primary N) is 1. The standard InChI is InChI=1S/C15H27N3O2S/c1-15(2,21(3,19)20)14(16)11-12-9-10-18(17-12)13-7-5-4-6-8-13/h9-10,13-14H,4-8,11,16H2,1-3H3. The molecule has 0 saturated heterocycles. The van der Waals surface area contributed by atoms with Crippen molar-refractivity contribution in [3.05, 3.63) is 18.0 Å². The molecule has 1 saturated carbocycles. The number of nitrogens with zero attached hydrogens (tertiary/aromatic N) is 2. The number of rotatable bonds is 5. The molecule has 0 amide bonds. The van der Waals surface area contributed by atoms with Crippen molar-refractivity contribution >= 4 is 9.84 Å². The first-order valence-corrected chi connectivity index (χ1v) is 9.60. The van der Waals surface area contributed by atoms with Gasteiger partial charge in [0.2, 0.25) is 0 Å². The minimum absolute atomic E-state index is 0.456. The minimum atomic E-state index is -3.19. The second-order valence-electron chi connectivity index (χ2n) is 6.77. The normalized spacial score (nSPS) is 19.6. The molecule has 1 aliphatic carbocycles. The van der Waals surface area contributed by atoms with Gasteiger partial charge in [0, 0.05) is 24.9 Å². The van der Waals surface area contributed by atoms with Gasteiger partial charge in [-0.2, -0.15) is 5.10 Å². The zero-order valence-corrected chi connectivity index (χ0v) is 14.1. The van der Waals surface area contributed by atoms with Gasteiger partial charge in [0.15, 0.2) is 9.84 Å². The first-order chi connectivity index (χ1) is 9.72. The van der Waals surface area contributed by atoms with Crippen molar-refractivity contribution in [3.8, 4) is 0 Å². The summed E-state index contributed by atoms with van der Waals surface area (Å²) in [5.74, 6) is 0. The topological polar surface area (TPSA) is 78.0 Å². The molecule has 2 rings (SSSR count). The van der Waals surface area contributed by atoms with Crippen molar-refractivity contribution in [2.45, 2.75) is 69.2 Å². The van der Waals surface area contributed by atoms with E-state index in [-0.39, 0.29) is 0 Å². The molecular weight excluding hydrogens is 286 g/mol. The third-order valence-electron chi connectivity index (χ3n) is 4.89. The molecule has 1 aromatic rings. The summed E-state index contributed by atoms with van der Waals surface area (Å²) in [6.07, 6.45) is 9.95. The molecule has 0 radical (unpaired) electrons. The molecule has 1 unspecified atom stereocenters. The van der Waals surface area contributed by atoms with Crippen molar-refractivity contribution in [3.63, 3.8) is 0 Å². The Kier molecular flexibility index (Phi) is 4.78. The highest BCUT2D eigenvalue weighted by molar-refractivity contribution is 7.92. The van der Waals surface area contributed by atoms with E-state index >= 15 is 0 Å². The van der Waals surface area contributed by atoms with Crippen LogP contribution in [0, 0.1) is 0 Å². The molecular formula is C15H27N3O2S. The Morgan fingerprint density at radius 1 is 1.38 bits per heavy atom.